The lowest BCUT2D eigenvalue weighted by Gasteiger charge is -2.32. The van der Waals surface area contributed by atoms with Gasteiger partial charge in [-0.3, -0.25) is 19.2 Å². The molecule has 2 aromatic rings. The molecule has 3 heterocycles. The van der Waals surface area contributed by atoms with Crippen LogP contribution >= 0.6 is 0 Å². The average Bonchev–Trinajstić information content (AvgIpc) is 3.63. The van der Waals surface area contributed by atoms with Crippen molar-refractivity contribution in [3.8, 4) is 5.75 Å². The van der Waals surface area contributed by atoms with Crippen molar-refractivity contribution in [2.75, 3.05) is 13.1 Å². The predicted molar refractivity (Wildman–Crippen MR) is 159 cm³/mol. The third-order valence-corrected chi connectivity index (χ3v) is 8.18. The number of carbonyl (C=O) groups is 4. The molecule has 4 atom stereocenters. The standard InChI is InChI=1S/C33H42N4O5/c1-33(2,3)42-25-15-13-23(14-16-25)20-26-31(40)37-18-8-12-28(37)32(41)36-17-7-11-27(36)30(39)34-24(21-29(38)35-26)19-22-9-5-4-6-10-22/h4-6,9-10,13-16,24,26-28H,7-8,11-12,17-21H2,1-3H3,(H,34,39)(H,35,38)/t24-,26+,27+,28+/m1/s1. The van der Waals surface area contributed by atoms with Gasteiger partial charge >= 0.3 is 0 Å². The number of nitrogens with zero attached hydrogens (tertiary/aromatic N) is 2. The molecule has 0 aromatic heterocycles. The maximum absolute atomic E-state index is 14.0. The first kappa shape index (κ1) is 29.6. The fourth-order valence-electron chi connectivity index (χ4n) is 6.31. The fraction of sp³-hybridized carbons (Fsp3) is 0.515. The van der Waals surface area contributed by atoms with Crippen molar-refractivity contribution >= 4 is 23.6 Å². The number of benzene rings is 2. The summed E-state index contributed by atoms with van der Waals surface area (Å²) < 4.78 is 5.94. The summed E-state index contributed by atoms with van der Waals surface area (Å²) >= 11 is 0. The van der Waals surface area contributed by atoms with Gasteiger partial charge in [-0.2, -0.15) is 0 Å². The average molecular weight is 575 g/mol. The highest BCUT2D eigenvalue weighted by molar-refractivity contribution is 5.95. The van der Waals surface area contributed by atoms with E-state index in [4.69, 9.17) is 4.74 Å². The summed E-state index contributed by atoms with van der Waals surface area (Å²) in [5, 5.41) is 6.06. The van der Waals surface area contributed by atoms with Crippen LogP contribution in [0.3, 0.4) is 0 Å². The van der Waals surface area contributed by atoms with Crippen LogP contribution in [0.2, 0.25) is 0 Å². The van der Waals surface area contributed by atoms with Gasteiger partial charge in [-0.15, -0.1) is 0 Å². The molecule has 3 saturated heterocycles. The molecule has 2 aromatic carbocycles. The summed E-state index contributed by atoms with van der Waals surface area (Å²) in [6.45, 7) is 6.87. The lowest BCUT2D eigenvalue weighted by atomic mass is 10.0. The third kappa shape index (κ3) is 7.12. The smallest absolute Gasteiger partial charge is 0.246 e. The number of rotatable bonds is 5. The Bertz CT molecular complexity index is 1290. The molecule has 224 valence electrons. The monoisotopic (exact) mass is 574 g/mol. The first-order valence-electron chi connectivity index (χ1n) is 15.1. The predicted octanol–water partition coefficient (Wildman–Crippen LogP) is 3.00. The number of amides is 4. The normalized spacial score (nSPS) is 25.5. The summed E-state index contributed by atoms with van der Waals surface area (Å²) in [4.78, 5) is 58.1. The van der Waals surface area contributed by atoms with Gasteiger partial charge in [0, 0.05) is 32.0 Å². The van der Waals surface area contributed by atoms with Crippen LogP contribution in [0.15, 0.2) is 54.6 Å². The summed E-state index contributed by atoms with van der Waals surface area (Å²) in [6, 6.07) is 14.7. The van der Waals surface area contributed by atoms with Crippen LogP contribution in [-0.4, -0.2) is 76.3 Å². The zero-order chi connectivity index (χ0) is 29.9. The highest BCUT2D eigenvalue weighted by atomic mass is 16.5. The Morgan fingerprint density at radius 3 is 2.05 bits per heavy atom. The molecule has 3 aliphatic heterocycles. The Morgan fingerprint density at radius 1 is 0.762 bits per heavy atom. The molecule has 42 heavy (non-hydrogen) atoms. The van der Waals surface area contributed by atoms with Gasteiger partial charge in [-0.1, -0.05) is 42.5 Å². The summed E-state index contributed by atoms with van der Waals surface area (Å²) in [7, 11) is 0. The van der Waals surface area contributed by atoms with Gasteiger partial charge in [0.25, 0.3) is 0 Å². The number of carbonyl (C=O) groups excluding carboxylic acids is 4. The second-order valence-electron chi connectivity index (χ2n) is 12.7. The van der Waals surface area contributed by atoms with Crippen LogP contribution in [0, 0.1) is 0 Å². The molecular weight excluding hydrogens is 532 g/mol. The molecular formula is C33H42N4O5. The maximum atomic E-state index is 14.0. The van der Waals surface area contributed by atoms with Crippen LogP contribution in [0.5, 0.6) is 5.75 Å². The number of hydrogen-bond donors (Lipinski definition) is 2. The molecule has 9 heteroatoms. The zero-order valence-corrected chi connectivity index (χ0v) is 24.8. The van der Waals surface area contributed by atoms with Gasteiger partial charge < -0.3 is 25.2 Å². The van der Waals surface area contributed by atoms with Gasteiger partial charge in [0.1, 0.15) is 29.5 Å². The Labute approximate surface area is 248 Å². The van der Waals surface area contributed by atoms with E-state index in [2.05, 4.69) is 10.6 Å². The van der Waals surface area contributed by atoms with E-state index in [1.54, 1.807) is 9.80 Å². The van der Waals surface area contributed by atoms with Crippen LogP contribution in [0.1, 0.15) is 64.0 Å². The van der Waals surface area contributed by atoms with Crippen molar-refractivity contribution in [1.82, 2.24) is 20.4 Å². The van der Waals surface area contributed by atoms with E-state index in [0.717, 1.165) is 23.3 Å². The summed E-state index contributed by atoms with van der Waals surface area (Å²) in [5.41, 5.74) is 1.52. The van der Waals surface area contributed by atoms with E-state index in [0.29, 0.717) is 38.8 Å². The maximum Gasteiger partial charge on any atom is 0.246 e. The van der Waals surface area contributed by atoms with Crippen LogP contribution in [0.4, 0.5) is 0 Å². The molecule has 2 N–H and O–H groups in total. The number of fused-ring (bicyclic) bond motifs is 2. The Morgan fingerprint density at radius 2 is 1.38 bits per heavy atom. The van der Waals surface area contributed by atoms with Gasteiger partial charge in [-0.05, 0) is 76.1 Å². The number of ether oxygens (including phenoxy) is 1. The van der Waals surface area contributed by atoms with Crippen LogP contribution in [-0.2, 0) is 32.0 Å². The highest BCUT2D eigenvalue weighted by Gasteiger charge is 2.44. The molecule has 5 rings (SSSR count). The van der Waals surface area contributed by atoms with Gasteiger partial charge in [-0.25, -0.2) is 0 Å². The molecule has 3 fully saturated rings. The first-order valence-corrected chi connectivity index (χ1v) is 15.1. The molecule has 0 bridgehead atoms. The molecule has 9 nitrogen and oxygen atoms in total. The van der Waals surface area contributed by atoms with E-state index in [1.165, 1.54) is 0 Å². The quantitative estimate of drug-likeness (QED) is 0.571. The molecule has 0 radical (unpaired) electrons. The molecule has 0 spiro atoms. The van der Waals surface area contributed by atoms with E-state index < -0.39 is 24.2 Å². The summed E-state index contributed by atoms with van der Waals surface area (Å²) in [6.07, 6.45) is 3.30. The minimum Gasteiger partial charge on any atom is -0.488 e. The van der Waals surface area contributed by atoms with Crippen LogP contribution in [0.25, 0.3) is 0 Å². The minimum absolute atomic E-state index is 0.0207. The van der Waals surface area contributed by atoms with Gasteiger partial charge in [0.2, 0.25) is 23.6 Å². The van der Waals surface area contributed by atoms with Gasteiger partial charge in [0.05, 0.1) is 0 Å². The molecule has 0 unspecified atom stereocenters. The topological polar surface area (TPSA) is 108 Å². The molecule has 3 aliphatic rings. The van der Waals surface area contributed by atoms with Crippen molar-refractivity contribution in [2.45, 2.75) is 95.5 Å². The van der Waals surface area contributed by atoms with E-state index in [9.17, 15) is 19.2 Å². The number of nitrogens with one attached hydrogen (secondary N) is 2. The van der Waals surface area contributed by atoms with Crippen molar-refractivity contribution in [3.05, 3.63) is 65.7 Å². The lowest BCUT2D eigenvalue weighted by molar-refractivity contribution is -0.147. The van der Waals surface area contributed by atoms with E-state index >= 15 is 0 Å². The minimum atomic E-state index is -0.844. The second kappa shape index (κ2) is 12.5. The van der Waals surface area contributed by atoms with E-state index in [1.807, 2.05) is 75.4 Å². The Balaban J connectivity index is 1.43. The molecule has 0 aliphatic carbocycles. The summed E-state index contributed by atoms with van der Waals surface area (Å²) in [5.74, 6) is -0.263. The second-order valence-corrected chi connectivity index (χ2v) is 12.7. The molecule has 0 saturated carbocycles. The van der Waals surface area contributed by atoms with Crippen LogP contribution < -0.4 is 15.4 Å². The number of hydrogen-bond acceptors (Lipinski definition) is 5. The lowest BCUT2D eigenvalue weighted by Crippen LogP contribution is -2.56. The first-order chi connectivity index (χ1) is 20.1. The fourth-order valence-corrected chi connectivity index (χ4v) is 6.31. The molecule has 4 amide bonds. The van der Waals surface area contributed by atoms with E-state index in [-0.39, 0.29) is 42.1 Å². The van der Waals surface area contributed by atoms with Crippen molar-refractivity contribution < 1.29 is 23.9 Å². The van der Waals surface area contributed by atoms with Crippen molar-refractivity contribution in [2.24, 2.45) is 0 Å². The Kier molecular flexibility index (Phi) is 8.85. The van der Waals surface area contributed by atoms with Crippen molar-refractivity contribution in [3.63, 3.8) is 0 Å². The largest absolute Gasteiger partial charge is 0.488 e. The van der Waals surface area contributed by atoms with Gasteiger partial charge in [0.15, 0.2) is 0 Å². The highest BCUT2D eigenvalue weighted by Crippen LogP contribution is 2.27. The Hall–Kier alpha value is -3.88. The SMILES string of the molecule is CC(C)(C)Oc1ccc(C[C@@H]2NC(=O)C[C@@H](Cc3ccccc3)NC(=O)[C@@H]3CCCN3C(=O)[C@@H]3CCCN3C2=O)cc1. The van der Waals surface area contributed by atoms with Crippen molar-refractivity contribution in [1.29, 1.82) is 0 Å². The zero-order valence-electron chi connectivity index (χ0n) is 24.8. The third-order valence-electron chi connectivity index (χ3n) is 8.18.